The predicted molar refractivity (Wildman–Crippen MR) is 85.2 cm³/mol. The lowest BCUT2D eigenvalue weighted by Crippen LogP contribution is -2.56. The Balaban J connectivity index is 1.76. The maximum atomic E-state index is 12.7. The predicted octanol–water partition coefficient (Wildman–Crippen LogP) is 1.02. The molecule has 3 heterocycles. The van der Waals surface area contributed by atoms with Crippen molar-refractivity contribution in [3.8, 4) is 0 Å². The molecule has 2 fully saturated rings. The van der Waals surface area contributed by atoms with Crippen LogP contribution in [0.4, 0.5) is 0 Å². The first-order chi connectivity index (χ1) is 10.1. The topological polar surface area (TPSA) is 62.5 Å². The summed E-state index contributed by atoms with van der Waals surface area (Å²) in [6.07, 6.45) is 4.00. The Hall–Kier alpha value is -1.53. The molecular weight excluding hydrogens is 284 g/mol. The fourth-order valence-corrected chi connectivity index (χ4v) is 3.40. The van der Waals surface area contributed by atoms with Crippen molar-refractivity contribution in [2.75, 3.05) is 19.6 Å². The van der Waals surface area contributed by atoms with Crippen LogP contribution in [0.5, 0.6) is 0 Å². The number of carbonyl (C=O) groups excluding carboxylic acids is 1. The molecule has 2 atom stereocenters. The van der Waals surface area contributed by atoms with E-state index in [0.29, 0.717) is 22.3 Å². The van der Waals surface area contributed by atoms with Crippen LogP contribution in [0.25, 0.3) is 0 Å². The smallest absolute Gasteiger partial charge is 0.272 e. The minimum atomic E-state index is 0.00328. The van der Waals surface area contributed by atoms with E-state index in [1.807, 2.05) is 4.90 Å². The highest BCUT2D eigenvalue weighted by atomic mass is 32.1. The molecular formula is C15H20N4OS. The summed E-state index contributed by atoms with van der Waals surface area (Å²) < 4.78 is 0. The largest absolute Gasteiger partial charge is 0.389 e. The van der Waals surface area contributed by atoms with Crippen LogP contribution in [0.3, 0.4) is 0 Å². The van der Waals surface area contributed by atoms with E-state index in [0.717, 1.165) is 19.6 Å². The molecule has 3 rings (SSSR count). The maximum absolute atomic E-state index is 12.7. The van der Waals surface area contributed by atoms with Crippen molar-refractivity contribution < 1.29 is 4.79 Å². The molecule has 2 unspecified atom stereocenters. The number of amides is 1. The van der Waals surface area contributed by atoms with Crippen LogP contribution >= 0.6 is 12.2 Å². The van der Waals surface area contributed by atoms with Gasteiger partial charge in [0.2, 0.25) is 0 Å². The zero-order chi connectivity index (χ0) is 15.0. The van der Waals surface area contributed by atoms with Gasteiger partial charge in [-0.1, -0.05) is 12.2 Å². The van der Waals surface area contributed by atoms with E-state index in [1.165, 1.54) is 12.8 Å². The van der Waals surface area contributed by atoms with Gasteiger partial charge in [0.15, 0.2) is 0 Å². The minimum Gasteiger partial charge on any atom is -0.389 e. The molecule has 1 amide bonds. The van der Waals surface area contributed by atoms with Crippen LogP contribution in [0.2, 0.25) is 0 Å². The van der Waals surface area contributed by atoms with Crippen LogP contribution in [-0.4, -0.2) is 57.4 Å². The number of nitrogens with two attached hydrogens (primary N) is 1. The van der Waals surface area contributed by atoms with Crippen molar-refractivity contribution in [2.24, 2.45) is 5.73 Å². The third-order valence-corrected chi connectivity index (χ3v) is 4.70. The van der Waals surface area contributed by atoms with Gasteiger partial charge in [-0.15, -0.1) is 0 Å². The summed E-state index contributed by atoms with van der Waals surface area (Å²) in [4.78, 5) is 21.6. The molecule has 21 heavy (non-hydrogen) atoms. The van der Waals surface area contributed by atoms with Crippen LogP contribution in [0, 0.1) is 0 Å². The molecule has 2 N–H and O–H groups in total. The second-order valence-corrected chi connectivity index (χ2v) is 6.33. The van der Waals surface area contributed by atoms with Gasteiger partial charge in [-0.3, -0.25) is 14.7 Å². The van der Waals surface area contributed by atoms with E-state index in [9.17, 15) is 4.79 Å². The van der Waals surface area contributed by atoms with Crippen molar-refractivity contribution >= 4 is 23.1 Å². The molecule has 6 heteroatoms. The standard InChI is InChI=1S/C15H20N4OS/c1-10-8-18-6-2-3-12(18)9-19(10)15(20)13-5-4-11(7-17-13)14(16)21/h4-5,7,10,12H,2-3,6,8-9H2,1H3,(H2,16,21). The quantitative estimate of drug-likeness (QED) is 0.827. The Morgan fingerprint density at radius 3 is 2.90 bits per heavy atom. The molecule has 0 spiro atoms. The van der Waals surface area contributed by atoms with Gasteiger partial charge in [-0.25, -0.2) is 0 Å². The molecule has 0 aromatic carbocycles. The fraction of sp³-hybridized carbons (Fsp3) is 0.533. The number of pyridine rings is 1. The molecule has 0 saturated carbocycles. The van der Waals surface area contributed by atoms with E-state index in [-0.39, 0.29) is 11.9 Å². The number of carbonyl (C=O) groups is 1. The number of fused-ring (bicyclic) bond motifs is 1. The van der Waals surface area contributed by atoms with Crippen LogP contribution < -0.4 is 5.73 Å². The van der Waals surface area contributed by atoms with Crippen molar-refractivity contribution in [2.45, 2.75) is 31.8 Å². The lowest BCUT2D eigenvalue weighted by atomic mass is 10.1. The fourth-order valence-electron chi connectivity index (χ4n) is 3.28. The second kappa shape index (κ2) is 5.69. The summed E-state index contributed by atoms with van der Waals surface area (Å²) in [5.41, 5.74) is 6.71. The van der Waals surface area contributed by atoms with Crippen molar-refractivity contribution in [3.05, 3.63) is 29.6 Å². The number of nitrogens with zero attached hydrogens (tertiary/aromatic N) is 3. The van der Waals surface area contributed by atoms with Crippen molar-refractivity contribution in [1.82, 2.24) is 14.8 Å². The highest BCUT2D eigenvalue weighted by Crippen LogP contribution is 2.25. The summed E-state index contributed by atoms with van der Waals surface area (Å²) in [5.74, 6) is 0.00328. The average molecular weight is 304 g/mol. The molecule has 0 aliphatic carbocycles. The number of aromatic nitrogens is 1. The van der Waals surface area contributed by atoms with Gasteiger partial charge in [0.1, 0.15) is 10.7 Å². The van der Waals surface area contributed by atoms with Gasteiger partial charge >= 0.3 is 0 Å². The first-order valence-electron chi connectivity index (χ1n) is 7.37. The average Bonchev–Trinajstić information content (AvgIpc) is 2.93. The molecule has 0 bridgehead atoms. The Kier molecular flexibility index (Phi) is 3.91. The first kappa shape index (κ1) is 14.4. The molecule has 1 aromatic heterocycles. The molecule has 1 aromatic rings. The number of rotatable bonds is 2. The monoisotopic (exact) mass is 304 g/mol. The van der Waals surface area contributed by atoms with Crippen molar-refractivity contribution in [1.29, 1.82) is 0 Å². The normalized spacial score (nSPS) is 25.7. The summed E-state index contributed by atoms with van der Waals surface area (Å²) in [6, 6.07) is 4.22. The van der Waals surface area contributed by atoms with E-state index < -0.39 is 0 Å². The van der Waals surface area contributed by atoms with Crippen LogP contribution in [-0.2, 0) is 0 Å². The lowest BCUT2D eigenvalue weighted by molar-refractivity contribution is 0.0390. The van der Waals surface area contributed by atoms with Gasteiger partial charge in [-0.05, 0) is 38.4 Å². The van der Waals surface area contributed by atoms with E-state index >= 15 is 0 Å². The Morgan fingerprint density at radius 1 is 1.43 bits per heavy atom. The number of piperazine rings is 1. The molecule has 2 aliphatic heterocycles. The molecule has 112 valence electrons. The van der Waals surface area contributed by atoms with Gasteiger partial charge in [-0.2, -0.15) is 0 Å². The number of hydrogen-bond donors (Lipinski definition) is 1. The van der Waals surface area contributed by atoms with Gasteiger partial charge in [0, 0.05) is 36.9 Å². The lowest BCUT2D eigenvalue weighted by Gasteiger charge is -2.42. The minimum absolute atomic E-state index is 0.00328. The zero-order valence-electron chi connectivity index (χ0n) is 12.2. The molecule has 5 nitrogen and oxygen atoms in total. The van der Waals surface area contributed by atoms with E-state index in [2.05, 4.69) is 16.8 Å². The van der Waals surface area contributed by atoms with E-state index in [4.69, 9.17) is 18.0 Å². The van der Waals surface area contributed by atoms with E-state index in [1.54, 1.807) is 18.3 Å². The summed E-state index contributed by atoms with van der Waals surface area (Å²) >= 11 is 4.90. The van der Waals surface area contributed by atoms with Gasteiger partial charge in [0.25, 0.3) is 5.91 Å². The third kappa shape index (κ3) is 2.78. The molecule has 2 saturated heterocycles. The highest BCUT2D eigenvalue weighted by molar-refractivity contribution is 7.80. The van der Waals surface area contributed by atoms with Crippen LogP contribution in [0.1, 0.15) is 35.8 Å². The summed E-state index contributed by atoms with van der Waals surface area (Å²) in [5, 5.41) is 0. The molecule has 2 aliphatic rings. The zero-order valence-corrected chi connectivity index (χ0v) is 13.0. The van der Waals surface area contributed by atoms with Crippen LogP contribution in [0.15, 0.2) is 18.3 Å². The summed E-state index contributed by atoms with van der Waals surface area (Å²) in [7, 11) is 0. The highest BCUT2D eigenvalue weighted by Gasteiger charge is 2.36. The Labute approximate surface area is 130 Å². The third-order valence-electron chi connectivity index (χ3n) is 4.47. The second-order valence-electron chi connectivity index (χ2n) is 5.89. The maximum Gasteiger partial charge on any atom is 0.272 e. The SMILES string of the molecule is CC1CN2CCCC2CN1C(=O)c1ccc(C(N)=S)cn1. The van der Waals surface area contributed by atoms with Crippen molar-refractivity contribution in [3.63, 3.8) is 0 Å². The number of hydrogen-bond acceptors (Lipinski definition) is 4. The Bertz CT molecular complexity index is 559. The summed E-state index contributed by atoms with van der Waals surface area (Å²) in [6.45, 7) is 5.04. The van der Waals surface area contributed by atoms with Gasteiger partial charge in [0.05, 0.1) is 0 Å². The number of thiocarbonyl (C=S) groups is 1. The Morgan fingerprint density at radius 2 is 2.24 bits per heavy atom. The molecule has 0 radical (unpaired) electrons. The van der Waals surface area contributed by atoms with Gasteiger partial charge < -0.3 is 10.6 Å². The first-order valence-corrected chi connectivity index (χ1v) is 7.78.